The number of nitrogens with one attached hydrogen (secondary N) is 1. The predicted molar refractivity (Wildman–Crippen MR) is 75.5 cm³/mol. The van der Waals surface area contributed by atoms with Crippen LogP contribution in [0.2, 0.25) is 0 Å². The van der Waals surface area contributed by atoms with Crippen molar-refractivity contribution in [1.82, 2.24) is 5.43 Å². The van der Waals surface area contributed by atoms with Gasteiger partial charge >= 0.3 is 0 Å². The normalized spacial score (nSPS) is 12.3. The van der Waals surface area contributed by atoms with E-state index in [0.29, 0.717) is 5.92 Å². The van der Waals surface area contributed by atoms with Crippen molar-refractivity contribution >= 4 is 23.5 Å². The Morgan fingerprint density at radius 3 is 2.12 bits per heavy atom. The van der Waals surface area contributed by atoms with Crippen LogP contribution in [-0.2, 0) is 0 Å². The molecule has 0 bridgehead atoms. The fourth-order valence-corrected chi connectivity index (χ4v) is 2.49. The van der Waals surface area contributed by atoms with Crippen LogP contribution in [0.15, 0.2) is 5.10 Å². The fourth-order valence-electron chi connectivity index (χ4n) is 2.44. The highest BCUT2D eigenvalue weighted by molar-refractivity contribution is 7.80. The molecule has 0 unspecified atom stereocenters. The maximum absolute atomic E-state index is 5.35. The summed E-state index contributed by atoms with van der Waals surface area (Å²) in [5.74, 6) is 0.666. The van der Waals surface area contributed by atoms with E-state index in [9.17, 15) is 0 Å². The highest BCUT2D eigenvalue weighted by Crippen LogP contribution is 2.37. The largest absolute Gasteiger partial charge is 0.375 e. The lowest BCUT2D eigenvalue weighted by atomic mass is 9.70. The van der Waals surface area contributed by atoms with Gasteiger partial charge in [0.25, 0.3) is 0 Å². The second-order valence-corrected chi connectivity index (χ2v) is 4.63. The lowest BCUT2D eigenvalue weighted by Crippen LogP contribution is -2.33. The van der Waals surface area contributed by atoms with Crippen molar-refractivity contribution in [2.24, 2.45) is 22.2 Å². The van der Waals surface area contributed by atoms with Gasteiger partial charge in [-0.05, 0) is 31.0 Å². The van der Waals surface area contributed by atoms with Gasteiger partial charge in [0.05, 0.1) is 0 Å². The van der Waals surface area contributed by atoms with Crippen molar-refractivity contribution in [3.63, 3.8) is 0 Å². The average Bonchev–Trinajstić information content (AvgIpc) is 2.28. The van der Waals surface area contributed by atoms with Crippen LogP contribution in [0.4, 0.5) is 0 Å². The van der Waals surface area contributed by atoms with Crippen molar-refractivity contribution in [2.45, 2.75) is 53.4 Å². The zero-order valence-electron chi connectivity index (χ0n) is 10.9. The molecule has 0 spiro atoms. The highest BCUT2D eigenvalue weighted by atomic mass is 32.1. The minimum absolute atomic E-state index is 0.168. The topological polar surface area (TPSA) is 50.4 Å². The Morgan fingerprint density at radius 2 is 1.81 bits per heavy atom. The molecule has 0 aliphatic heterocycles. The first-order valence-corrected chi connectivity index (χ1v) is 6.56. The first-order chi connectivity index (χ1) is 7.56. The highest BCUT2D eigenvalue weighted by Gasteiger charge is 2.31. The summed E-state index contributed by atoms with van der Waals surface area (Å²) in [4.78, 5) is 0. The summed E-state index contributed by atoms with van der Waals surface area (Å²) in [7, 11) is 0. The van der Waals surface area contributed by atoms with Gasteiger partial charge in [0.2, 0.25) is 0 Å². The van der Waals surface area contributed by atoms with Gasteiger partial charge in [0.15, 0.2) is 5.11 Å². The van der Waals surface area contributed by atoms with Crippen LogP contribution in [0.1, 0.15) is 53.4 Å². The van der Waals surface area contributed by atoms with E-state index in [0.717, 1.165) is 12.8 Å². The van der Waals surface area contributed by atoms with Crippen molar-refractivity contribution in [1.29, 1.82) is 0 Å². The molecule has 0 rings (SSSR count). The molecule has 0 atom stereocenters. The van der Waals surface area contributed by atoms with E-state index in [1.807, 2.05) is 6.21 Å². The van der Waals surface area contributed by atoms with Crippen LogP contribution in [0.3, 0.4) is 0 Å². The van der Waals surface area contributed by atoms with Gasteiger partial charge in [0, 0.05) is 11.6 Å². The third-order valence-electron chi connectivity index (χ3n) is 3.61. The van der Waals surface area contributed by atoms with Crippen LogP contribution >= 0.6 is 12.2 Å². The molecule has 16 heavy (non-hydrogen) atoms. The van der Waals surface area contributed by atoms with Gasteiger partial charge in [0.1, 0.15) is 0 Å². The Morgan fingerprint density at radius 1 is 1.31 bits per heavy atom. The number of hydrogen-bond acceptors (Lipinski definition) is 2. The Bertz CT molecular complexity index is 230. The minimum atomic E-state index is 0.168. The molecular formula is C12H25N3S. The molecule has 0 amide bonds. The van der Waals surface area contributed by atoms with E-state index in [1.165, 1.54) is 12.8 Å². The molecule has 4 heteroatoms. The van der Waals surface area contributed by atoms with Gasteiger partial charge in [-0.1, -0.05) is 40.5 Å². The van der Waals surface area contributed by atoms with E-state index in [1.54, 1.807) is 0 Å². The van der Waals surface area contributed by atoms with E-state index in [2.05, 4.69) is 38.2 Å². The molecule has 0 aliphatic carbocycles. The quantitative estimate of drug-likeness (QED) is 0.410. The van der Waals surface area contributed by atoms with Gasteiger partial charge in [-0.15, -0.1) is 0 Å². The molecule has 0 aliphatic rings. The van der Waals surface area contributed by atoms with Crippen LogP contribution in [-0.4, -0.2) is 11.3 Å². The summed E-state index contributed by atoms with van der Waals surface area (Å²) in [5, 5.41) is 4.38. The third kappa shape index (κ3) is 4.08. The van der Waals surface area contributed by atoms with Gasteiger partial charge in [-0.2, -0.15) is 5.10 Å². The van der Waals surface area contributed by atoms with E-state index < -0.39 is 0 Å². The molecule has 0 saturated carbocycles. The second-order valence-electron chi connectivity index (χ2n) is 4.19. The Labute approximate surface area is 105 Å². The summed E-state index contributed by atoms with van der Waals surface area (Å²) in [6.07, 6.45) is 6.55. The molecule has 0 aromatic carbocycles. The number of nitrogens with two attached hydrogens (primary N) is 1. The van der Waals surface area contributed by atoms with Crippen LogP contribution < -0.4 is 11.2 Å². The van der Waals surface area contributed by atoms with Gasteiger partial charge in [-0.3, -0.25) is 5.43 Å². The van der Waals surface area contributed by atoms with E-state index in [4.69, 9.17) is 18.0 Å². The molecule has 0 radical (unpaired) electrons. The van der Waals surface area contributed by atoms with Crippen LogP contribution in [0.25, 0.3) is 0 Å². The number of hydrogen-bond donors (Lipinski definition) is 2. The molecule has 0 saturated heterocycles. The lowest BCUT2D eigenvalue weighted by molar-refractivity contribution is 0.228. The number of thiocarbonyl (C=S) groups is 1. The fraction of sp³-hybridized carbons (Fsp3) is 0.833. The zero-order chi connectivity index (χ0) is 12.6. The molecule has 0 aromatic rings. The summed E-state index contributed by atoms with van der Waals surface area (Å²) in [5.41, 5.74) is 8.17. The summed E-state index contributed by atoms with van der Waals surface area (Å²) < 4.78 is 0. The maximum atomic E-state index is 5.35. The molecular weight excluding hydrogens is 218 g/mol. The van der Waals surface area contributed by atoms with Crippen molar-refractivity contribution < 1.29 is 0 Å². The smallest absolute Gasteiger partial charge is 0.184 e. The van der Waals surface area contributed by atoms with Crippen molar-refractivity contribution in [2.75, 3.05) is 0 Å². The van der Waals surface area contributed by atoms with E-state index >= 15 is 0 Å². The monoisotopic (exact) mass is 243 g/mol. The standard InChI is InChI=1S/C12H25N3S/c1-5-10(6-2)12(7-3,8-4)9-14-15-11(13)16/h9-10H,5-8H2,1-4H3,(H3,13,15,16)/b14-9-. The zero-order valence-corrected chi connectivity index (χ0v) is 11.7. The summed E-state index contributed by atoms with van der Waals surface area (Å²) in [6, 6.07) is 0. The van der Waals surface area contributed by atoms with Crippen LogP contribution in [0.5, 0.6) is 0 Å². The molecule has 3 nitrogen and oxygen atoms in total. The van der Waals surface area contributed by atoms with Crippen LogP contribution in [0, 0.1) is 11.3 Å². The average molecular weight is 243 g/mol. The van der Waals surface area contributed by atoms with Crippen molar-refractivity contribution in [3.05, 3.63) is 0 Å². The van der Waals surface area contributed by atoms with Crippen molar-refractivity contribution in [3.8, 4) is 0 Å². The van der Waals surface area contributed by atoms with Gasteiger partial charge in [-0.25, -0.2) is 0 Å². The molecule has 0 fully saturated rings. The minimum Gasteiger partial charge on any atom is -0.375 e. The predicted octanol–water partition coefficient (Wildman–Crippen LogP) is 3.05. The summed E-state index contributed by atoms with van der Waals surface area (Å²) in [6.45, 7) is 8.91. The first kappa shape index (κ1) is 15.4. The molecule has 0 heterocycles. The Kier molecular flexibility index (Phi) is 7.30. The Balaban J connectivity index is 4.79. The summed E-state index contributed by atoms with van der Waals surface area (Å²) >= 11 is 4.73. The number of rotatable bonds is 7. The first-order valence-electron chi connectivity index (χ1n) is 6.15. The molecule has 94 valence electrons. The molecule has 3 N–H and O–H groups in total. The third-order valence-corrected chi connectivity index (χ3v) is 3.70. The van der Waals surface area contributed by atoms with Gasteiger partial charge < -0.3 is 5.73 Å². The number of nitrogens with zero attached hydrogens (tertiary/aromatic N) is 1. The Hall–Kier alpha value is -0.640. The maximum Gasteiger partial charge on any atom is 0.184 e. The van der Waals surface area contributed by atoms with E-state index in [-0.39, 0.29) is 10.5 Å². The SMILES string of the molecule is CCC(CC)C(/C=N\NC(N)=S)(CC)CC. The number of hydrazone groups is 1. The lowest BCUT2D eigenvalue weighted by Gasteiger charge is -2.35. The second kappa shape index (κ2) is 7.60. The molecule has 0 aromatic heterocycles.